The van der Waals surface area contributed by atoms with Gasteiger partial charge in [0.05, 0.1) is 19.1 Å². The molecule has 0 aromatic heterocycles. The second-order valence-corrected chi connectivity index (χ2v) is 5.46. The number of benzene rings is 1. The molecule has 1 amide bonds. The first-order valence-electron chi connectivity index (χ1n) is 7.23. The smallest absolute Gasteiger partial charge is 0.226 e. The number of β-amino-alcohol motifs (C(OH)–C–C–N with tert-alkyl or cyclic N) is 1. The predicted molar refractivity (Wildman–Crippen MR) is 77.8 cm³/mol. The van der Waals surface area contributed by atoms with Gasteiger partial charge < -0.3 is 14.7 Å². The van der Waals surface area contributed by atoms with E-state index in [0.717, 1.165) is 36.3 Å². The number of carbonyl (C=O) groups excluding carboxylic acids is 1. The minimum atomic E-state index is -0.368. The van der Waals surface area contributed by atoms with E-state index in [0.29, 0.717) is 19.6 Å². The van der Waals surface area contributed by atoms with Crippen LogP contribution in [-0.2, 0) is 4.79 Å². The summed E-state index contributed by atoms with van der Waals surface area (Å²) in [5, 5.41) is 9.58. The number of carbonyl (C=O) groups is 1. The second kappa shape index (κ2) is 6.75. The van der Waals surface area contributed by atoms with E-state index in [9.17, 15) is 9.90 Å². The molecule has 1 aromatic carbocycles. The van der Waals surface area contributed by atoms with Crippen LogP contribution in [0.5, 0.6) is 5.75 Å². The van der Waals surface area contributed by atoms with Crippen molar-refractivity contribution in [2.75, 3.05) is 19.7 Å². The number of piperidine rings is 1. The Kier molecular flexibility index (Phi) is 5.01. The molecule has 0 unspecified atom stereocenters. The maximum atomic E-state index is 12.0. The third-order valence-corrected chi connectivity index (χ3v) is 3.72. The molecule has 0 bridgehead atoms. The zero-order chi connectivity index (χ0) is 14.5. The van der Waals surface area contributed by atoms with Crippen molar-refractivity contribution in [1.82, 2.24) is 4.90 Å². The van der Waals surface area contributed by atoms with Crippen LogP contribution in [0.2, 0.25) is 0 Å². The number of amides is 1. The third kappa shape index (κ3) is 3.73. The number of hydrogen-bond donors (Lipinski definition) is 1. The molecular formula is C16H23NO3. The maximum Gasteiger partial charge on any atom is 0.226 e. The lowest BCUT2D eigenvalue weighted by molar-refractivity contribution is -0.134. The first-order chi connectivity index (χ1) is 9.58. The molecular weight excluding hydrogens is 254 g/mol. The molecule has 1 aliphatic rings. The molecule has 0 aliphatic carbocycles. The Morgan fingerprint density at radius 2 is 2.10 bits per heavy atom. The van der Waals surface area contributed by atoms with Crippen LogP contribution in [0.15, 0.2) is 18.2 Å². The largest absolute Gasteiger partial charge is 0.493 e. The molecule has 1 aromatic rings. The Hall–Kier alpha value is -1.55. The number of aliphatic hydroxyl groups is 1. The molecule has 1 saturated heterocycles. The lowest BCUT2D eigenvalue weighted by Gasteiger charge is -2.30. The van der Waals surface area contributed by atoms with E-state index >= 15 is 0 Å². The number of likely N-dealkylation sites (tertiary alicyclic amines) is 1. The van der Waals surface area contributed by atoms with Gasteiger partial charge in [-0.15, -0.1) is 0 Å². The average Bonchev–Trinajstić information content (AvgIpc) is 2.42. The van der Waals surface area contributed by atoms with E-state index in [1.165, 1.54) is 0 Å². The second-order valence-electron chi connectivity index (χ2n) is 5.46. The van der Waals surface area contributed by atoms with Crippen molar-refractivity contribution in [2.45, 2.75) is 39.2 Å². The Labute approximate surface area is 120 Å². The molecule has 2 rings (SSSR count). The quantitative estimate of drug-likeness (QED) is 0.916. The van der Waals surface area contributed by atoms with Crippen LogP contribution >= 0.6 is 0 Å². The lowest BCUT2D eigenvalue weighted by Crippen LogP contribution is -2.42. The summed E-state index contributed by atoms with van der Waals surface area (Å²) < 4.78 is 5.75. The number of aliphatic hydroxyl groups excluding tert-OH is 1. The number of aryl methyl sites for hydroxylation is 2. The number of para-hydroxylation sites is 1. The molecule has 0 radical (unpaired) electrons. The van der Waals surface area contributed by atoms with Crippen LogP contribution in [0.3, 0.4) is 0 Å². The summed E-state index contributed by atoms with van der Waals surface area (Å²) in [4.78, 5) is 13.8. The van der Waals surface area contributed by atoms with Gasteiger partial charge in [0.2, 0.25) is 5.91 Å². The standard InChI is InChI=1S/C16H23NO3/c1-12-5-3-6-13(2)16(12)20-10-8-15(19)17-9-4-7-14(18)11-17/h3,5-6,14,18H,4,7-11H2,1-2H3/t14-/m0/s1. The van der Waals surface area contributed by atoms with Crippen molar-refractivity contribution < 1.29 is 14.6 Å². The van der Waals surface area contributed by atoms with Gasteiger partial charge in [-0.1, -0.05) is 18.2 Å². The maximum absolute atomic E-state index is 12.0. The van der Waals surface area contributed by atoms with Gasteiger partial charge in [-0.05, 0) is 37.8 Å². The van der Waals surface area contributed by atoms with Crippen LogP contribution in [0, 0.1) is 13.8 Å². The highest BCUT2D eigenvalue weighted by molar-refractivity contribution is 5.76. The molecule has 1 heterocycles. The fourth-order valence-electron chi connectivity index (χ4n) is 2.61. The van der Waals surface area contributed by atoms with Crippen molar-refractivity contribution in [1.29, 1.82) is 0 Å². The molecule has 4 heteroatoms. The Morgan fingerprint density at radius 3 is 2.75 bits per heavy atom. The zero-order valence-electron chi connectivity index (χ0n) is 12.3. The minimum absolute atomic E-state index is 0.0648. The van der Waals surface area contributed by atoms with E-state index in [-0.39, 0.29) is 12.0 Å². The molecule has 1 N–H and O–H groups in total. The number of hydrogen-bond acceptors (Lipinski definition) is 3. The summed E-state index contributed by atoms with van der Waals surface area (Å²) in [5.74, 6) is 0.939. The van der Waals surface area contributed by atoms with Crippen LogP contribution in [-0.4, -0.2) is 41.7 Å². The summed E-state index contributed by atoms with van der Waals surface area (Å²) in [6, 6.07) is 6.01. The first kappa shape index (κ1) is 14.9. The van der Waals surface area contributed by atoms with Crippen molar-refractivity contribution >= 4 is 5.91 Å². The normalized spacial score (nSPS) is 18.9. The Morgan fingerprint density at radius 1 is 1.40 bits per heavy atom. The molecule has 0 spiro atoms. The zero-order valence-corrected chi connectivity index (χ0v) is 12.3. The minimum Gasteiger partial charge on any atom is -0.493 e. The highest BCUT2D eigenvalue weighted by atomic mass is 16.5. The van der Waals surface area contributed by atoms with E-state index in [2.05, 4.69) is 0 Å². The Balaban J connectivity index is 1.82. The molecule has 1 atom stereocenters. The summed E-state index contributed by atoms with van der Waals surface area (Å²) in [6.45, 7) is 5.61. The van der Waals surface area contributed by atoms with Crippen LogP contribution in [0.1, 0.15) is 30.4 Å². The SMILES string of the molecule is Cc1cccc(C)c1OCCC(=O)N1CCC[C@H](O)C1. The van der Waals surface area contributed by atoms with Gasteiger partial charge in [-0.25, -0.2) is 0 Å². The molecule has 4 nitrogen and oxygen atoms in total. The van der Waals surface area contributed by atoms with E-state index in [1.807, 2.05) is 32.0 Å². The van der Waals surface area contributed by atoms with Crippen molar-refractivity contribution in [3.63, 3.8) is 0 Å². The Bertz CT molecular complexity index is 453. The van der Waals surface area contributed by atoms with Crippen molar-refractivity contribution in [2.24, 2.45) is 0 Å². The van der Waals surface area contributed by atoms with Gasteiger partial charge in [0.25, 0.3) is 0 Å². The van der Waals surface area contributed by atoms with Gasteiger partial charge in [0, 0.05) is 13.1 Å². The van der Waals surface area contributed by atoms with Gasteiger partial charge in [0.15, 0.2) is 0 Å². The average molecular weight is 277 g/mol. The van der Waals surface area contributed by atoms with Crippen molar-refractivity contribution in [3.05, 3.63) is 29.3 Å². The fourth-order valence-corrected chi connectivity index (χ4v) is 2.61. The topological polar surface area (TPSA) is 49.8 Å². The van der Waals surface area contributed by atoms with Gasteiger partial charge in [-0.2, -0.15) is 0 Å². The summed E-state index contributed by atoms with van der Waals surface area (Å²) >= 11 is 0. The van der Waals surface area contributed by atoms with Crippen molar-refractivity contribution in [3.8, 4) is 5.75 Å². The van der Waals surface area contributed by atoms with Crippen LogP contribution < -0.4 is 4.74 Å². The molecule has 20 heavy (non-hydrogen) atoms. The third-order valence-electron chi connectivity index (χ3n) is 3.72. The lowest BCUT2D eigenvalue weighted by atomic mass is 10.1. The predicted octanol–water partition coefficient (Wildman–Crippen LogP) is 2.06. The van der Waals surface area contributed by atoms with E-state index < -0.39 is 0 Å². The van der Waals surface area contributed by atoms with Gasteiger partial charge in [-0.3, -0.25) is 4.79 Å². The number of rotatable bonds is 4. The number of nitrogens with zero attached hydrogens (tertiary/aromatic N) is 1. The van der Waals surface area contributed by atoms with Crippen LogP contribution in [0.25, 0.3) is 0 Å². The summed E-state index contributed by atoms with van der Waals surface area (Å²) in [5.41, 5.74) is 2.18. The summed E-state index contributed by atoms with van der Waals surface area (Å²) in [7, 11) is 0. The molecule has 1 aliphatic heterocycles. The molecule has 0 saturated carbocycles. The highest BCUT2D eigenvalue weighted by Crippen LogP contribution is 2.22. The van der Waals surface area contributed by atoms with Crippen LogP contribution in [0.4, 0.5) is 0 Å². The first-order valence-corrected chi connectivity index (χ1v) is 7.23. The number of ether oxygens (including phenoxy) is 1. The molecule has 110 valence electrons. The summed E-state index contributed by atoms with van der Waals surface area (Å²) in [6.07, 6.45) is 1.67. The van der Waals surface area contributed by atoms with Gasteiger partial charge >= 0.3 is 0 Å². The van der Waals surface area contributed by atoms with Gasteiger partial charge in [0.1, 0.15) is 5.75 Å². The monoisotopic (exact) mass is 277 g/mol. The molecule has 1 fully saturated rings. The van der Waals surface area contributed by atoms with E-state index in [1.54, 1.807) is 4.90 Å². The van der Waals surface area contributed by atoms with E-state index in [4.69, 9.17) is 4.74 Å². The highest BCUT2D eigenvalue weighted by Gasteiger charge is 2.21. The fraction of sp³-hybridized carbons (Fsp3) is 0.562.